The molecule has 0 radical (unpaired) electrons. The van der Waals surface area contributed by atoms with E-state index in [-0.39, 0.29) is 6.03 Å². The standard InChI is InChI=1S/C19H24N4O3/c1-19(2,3)26-18(25)23-16-9-7-15(8-10-16)22-17(24)21-13-11-14-6-4-5-12-20-14/h4-10,12H,11,13H2,1-3H3,(H,23,25)(H2,21,22,24). The van der Waals surface area contributed by atoms with E-state index in [1.54, 1.807) is 51.2 Å². The summed E-state index contributed by atoms with van der Waals surface area (Å²) < 4.78 is 5.18. The van der Waals surface area contributed by atoms with Gasteiger partial charge in [0.1, 0.15) is 5.60 Å². The van der Waals surface area contributed by atoms with Crippen LogP contribution in [0.4, 0.5) is 21.0 Å². The quantitative estimate of drug-likeness (QED) is 0.760. The Kier molecular flexibility index (Phi) is 6.54. The van der Waals surface area contributed by atoms with Crippen molar-refractivity contribution in [1.82, 2.24) is 10.3 Å². The number of ether oxygens (including phenoxy) is 1. The summed E-state index contributed by atoms with van der Waals surface area (Å²) in [5, 5.41) is 8.14. The summed E-state index contributed by atoms with van der Waals surface area (Å²) in [5.41, 5.74) is 1.57. The van der Waals surface area contributed by atoms with Gasteiger partial charge in [0.25, 0.3) is 0 Å². The molecular weight excluding hydrogens is 332 g/mol. The summed E-state index contributed by atoms with van der Waals surface area (Å²) >= 11 is 0. The van der Waals surface area contributed by atoms with Crippen molar-refractivity contribution in [1.29, 1.82) is 0 Å². The number of pyridine rings is 1. The van der Waals surface area contributed by atoms with E-state index in [2.05, 4.69) is 20.9 Å². The van der Waals surface area contributed by atoms with Gasteiger partial charge in [-0.1, -0.05) is 6.07 Å². The third-order valence-corrected chi connectivity index (χ3v) is 3.18. The van der Waals surface area contributed by atoms with Crippen LogP contribution in [-0.4, -0.2) is 29.3 Å². The summed E-state index contributed by atoms with van der Waals surface area (Å²) in [5.74, 6) is 0. The van der Waals surface area contributed by atoms with Crippen molar-refractivity contribution in [3.05, 3.63) is 54.4 Å². The van der Waals surface area contributed by atoms with Crippen LogP contribution < -0.4 is 16.0 Å². The van der Waals surface area contributed by atoms with Crippen LogP contribution in [0.3, 0.4) is 0 Å². The lowest BCUT2D eigenvalue weighted by Gasteiger charge is -2.19. The number of rotatable bonds is 5. The molecule has 0 atom stereocenters. The smallest absolute Gasteiger partial charge is 0.412 e. The normalized spacial score (nSPS) is 10.7. The molecule has 0 saturated heterocycles. The minimum absolute atomic E-state index is 0.297. The fourth-order valence-electron chi connectivity index (χ4n) is 2.08. The average Bonchev–Trinajstić information content (AvgIpc) is 2.56. The first-order valence-corrected chi connectivity index (χ1v) is 8.37. The molecule has 0 aliphatic heterocycles. The molecule has 3 amide bonds. The van der Waals surface area contributed by atoms with Gasteiger partial charge in [-0.3, -0.25) is 10.3 Å². The Morgan fingerprint density at radius 1 is 1.00 bits per heavy atom. The molecule has 0 aliphatic rings. The Morgan fingerprint density at radius 3 is 2.23 bits per heavy atom. The van der Waals surface area contributed by atoms with Gasteiger partial charge in [0.05, 0.1) is 0 Å². The zero-order valence-corrected chi connectivity index (χ0v) is 15.2. The van der Waals surface area contributed by atoms with E-state index in [1.807, 2.05) is 18.2 Å². The second kappa shape index (κ2) is 8.84. The molecule has 7 heteroatoms. The number of carbonyl (C=O) groups excluding carboxylic acids is 2. The SMILES string of the molecule is CC(C)(C)OC(=O)Nc1ccc(NC(=O)NCCc2ccccn2)cc1. The third-order valence-electron chi connectivity index (χ3n) is 3.18. The highest BCUT2D eigenvalue weighted by Gasteiger charge is 2.16. The van der Waals surface area contributed by atoms with E-state index in [1.165, 1.54) is 0 Å². The molecule has 7 nitrogen and oxygen atoms in total. The van der Waals surface area contributed by atoms with E-state index in [9.17, 15) is 9.59 Å². The Hall–Kier alpha value is -3.09. The zero-order valence-electron chi connectivity index (χ0n) is 15.2. The van der Waals surface area contributed by atoms with Gasteiger partial charge in [0, 0.05) is 36.2 Å². The largest absolute Gasteiger partial charge is 0.444 e. The molecule has 0 bridgehead atoms. The molecule has 3 N–H and O–H groups in total. The first-order valence-electron chi connectivity index (χ1n) is 8.37. The number of benzene rings is 1. The van der Waals surface area contributed by atoms with Crippen LogP contribution in [0.5, 0.6) is 0 Å². The van der Waals surface area contributed by atoms with Crippen LogP contribution in [-0.2, 0) is 11.2 Å². The first-order chi connectivity index (χ1) is 12.3. The Labute approximate surface area is 153 Å². The lowest BCUT2D eigenvalue weighted by atomic mass is 10.2. The number of hydrogen-bond acceptors (Lipinski definition) is 4. The molecule has 2 aromatic rings. The Bertz CT molecular complexity index is 725. The van der Waals surface area contributed by atoms with Crippen molar-refractivity contribution >= 4 is 23.5 Å². The Morgan fingerprint density at radius 2 is 1.65 bits per heavy atom. The van der Waals surface area contributed by atoms with Gasteiger partial charge in [-0.2, -0.15) is 0 Å². The summed E-state index contributed by atoms with van der Waals surface area (Å²) in [6.07, 6.45) is 1.86. The fraction of sp³-hybridized carbons (Fsp3) is 0.316. The van der Waals surface area contributed by atoms with E-state index in [4.69, 9.17) is 4.74 Å². The molecule has 2 rings (SSSR count). The van der Waals surface area contributed by atoms with E-state index in [0.717, 1.165) is 5.69 Å². The predicted octanol–water partition coefficient (Wildman–Crippen LogP) is 3.79. The molecule has 0 saturated carbocycles. The molecule has 1 aromatic carbocycles. The molecule has 0 fully saturated rings. The van der Waals surface area contributed by atoms with Crippen molar-refractivity contribution in [2.75, 3.05) is 17.2 Å². The van der Waals surface area contributed by atoms with Crippen molar-refractivity contribution in [3.63, 3.8) is 0 Å². The van der Waals surface area contributed by atoms with Gasteiger partial charge in [-0.15, -0.1) is 0 Å². The maximum Gasteiger partial charge on any atom is 0.412 e. The van der Waals surface area contributed by atoms with Gasteiger partial charge in [0.15, 0.2) is 0 Å². The van der Waals surface area contributed by atoms with Gasteiger partial charge in [-0.25, -0.2) is 9.59 Å². The van der Waals surface area contributed by atoms with E-state index >= 15 is 0 Å². The highest BCUT2D eigenvalue weighted by atomic mass is 16.6. The van der Waals surface area contributed by atoms with Crippen LogP contribution in [0.1, 0.15) is 26.5 Å². The summed E-state index contributed by atoms with van der Waals surface area (Å²) in [6.45, 7) is 5.88. The van der Waals surface area contributed by atoms with Crippen LogP contribution in [0, 0.1) is 0 Å². The second-order valence-corrected chi connectivity index (χ2v) is 6.66. The van der Waals surface area contributed by atoms with Crippen LogP contribution in [0.15, 0.2) is 48.7 Å². The number of nitrogens with zero attached hydrogens (tertiary/aromatic N) is 1. The number of amides is 3. The second-order valence-electron chi connectivity index (χ2n) is 6.66. The molecule has 0 unspecified atom stereocenters. The molecule has 0 spiro atoms. The molecular formula is C19H24N4O3. The zero-order chi connectivity index (χ0) is 19.0. The minimum atomic E-state index is -0.557. The maximum atomic E-state index is 11.9. The molecule has 26 heavy (non-hydrogen) atoms. The lowest BCUT2D eigenvalue weighted by molar-refractivity contribution is 0.0636. The van der Waals surface area contributed by atoms with E-state index < -0.39 is 11.7 Å². The van der Waals surface area contributed by atoms with Gasteiger partial charge in [-0.05, 0) is 57.2 Å². The van der Waals surface area contributed by atoms with Gasteiger partial charge < -0.3 is 15.4 Å². The first kappa shape index (κ1) is 19.2. The van der Waals surface area contributed by atoms with Gasteiger partial charge in [0.2, 0.25) is 0 Å². The summed E-state index contributed by atoms with van der Waals surface area (Å²) in [7, 11) is 0. The van der Waals surface area contributed by atoms with Crippen LogP contribution >= 0.6 is 0 Å². The lowest BCUT2D eigenvalue weighted by Crippen LogP contribution is -2.30. The monoisotopic (exact) mass is 356 g/mol. The summed E-state index contributed by atoms with van der Waals surface area (Å²) in [4.78, 5) is 27.8. The molecule has 138 valence electrons. The number of anilines is 2. The number of carbonyl (C=O) groups is 2. The Balaban J connectivity index is 1.75. The van der Waals surface area contributed by atoms with Crippen LogP contribution in [0.2, 0.25) is 0 Å². The summed E-state index contributed by atoms with van der Waals surface area (Å²) in [6, 6.07) is 12.2. The fourth-order valence-corrected chi connectivity index (χ4v) is 2.08. The van der Waals surface area contributed by atoms with Gasteiger partial charge >= 0.3 is 12.1 Å². The predicted molar refractivity (Wildman–Crippen MR) is 101 cm³/mol. The molecule has 1 aromatic heterocycles. The highest BCUT2D eigenvalue weighted by molar-refractivity contribution is 5.90. The highest BCUT2D eigenvalue weighted by Crippen LogP contribution is 2.15. The topological polar surface area (TPSA) is 92.4 Å². The molecule has 0 aliphatic carbocycles. The van der Waals surface area contributed by atoms with Crippen molar-refractivity contribution in [2.45, 2.75) is 32.8 Å². The average molecular weight is 356 g/mol. The minimum Gasteiger partial charge on any atom is -0.444 e. The number of nitrogens with one attached hydrogen (secondary N) is 3. The van der Waals surface area contributed by atoms with Crippen LogP contribution in [0.25, 0.3) is 0 Å². The van der Waals surface area contributed by atoms with Crippen molar-refractivity contribution < 1.29 is 14.3 Å². The maximum absolute atomic E-state index is 11.9. The number of urea groups is 1. The van der Waals surface area contributed by atoms with Crippen molar-refractivity contribution in [2.24, 2.45) is 0 Å². The van der Waals surface area contributed by atoms with E-state index in [0.29, 0.717) is 24.3 Å². The number of hydrogen-bond donors (Lipinski definition) is 3. The number of aromatic nitrogens is 1. The third kappa shape index (κ3) is 7.21. The van der Waals surface area contributed by atoms with Crippen molar-refractivity contribution in [3.8, 4) is 0 Å². The molecule has 1 heterocycles.